The quantitative estimate of drug-likeness (QED) is 0.479. The third-order valence-corrected chi connectivity index (χ3v) is 6.81. The smallest absolute Gasteiger partial charge is 0.0619 e. The van der Waals surface area contributed by atoms with Gasteiger partial charge in [0.1, 0.15) is 0 Å². The molecule has 0 aromatic heterocycles. The molecule has 0 heterocycles. The maximum Gasteiger partial charge on any atom is 0.0761 e. The molecule has 1 aliphatic rings. The second-order valence-electron chi connectivity index (χ2n) is 10.1. The molecule has 110 valence electrons. The van der Waals surface area contributed by atoms with Gasteiger partial charge in [-0.05, 0) is 40.4 Å². The summed E-state index contributed by atoms with van der Waals surface area (Å²) in [5.74, 6) is 0.710. The highest BCUT2D eigenvalue weighted by Gasteiger charge is 2.59. The van der Waals surface area contributed by atoms with E-state index < -0.39 is 0 Å². The molecule has 1 fully saturated rings. The first-order valence-electron chi connectivity index (χ1n) is 7.87. The fraction of sp³-hybridized carbons (Fsp3) is 1.00. The molecule has 1 heteroatoms. The van der Waals surface area contributed by atoms with Gasteiger partial charge in [-0.25, -0.2) is 0 Å². The van der Waals surface area contributed by atoms with E-state index in [1.165, 1.54) is 6.42 Å². The predicted molar refractivity (Wildman–Crippen MR) is 87.6 cm³/mol. The highest BCUT2D eigenvalue weighted by atomic mass is 14.6. The minimum absolute atomic E-state index is 0.117. The van der Waals surface area contributed by atoms with Gasteiger partial charge in [0, 0.05) is 0 Å². The molecule has 19 heavy (non-hydrogen) atoms. The van der Waals surface area contributed by atoms with Gasteiger partial charge in [-0.1, -0.05) is 74.6 Å². The van der Waals surface area contributed by atoms with E-state index >= 15 is 0 Å². The predicted octanol–water partition coefficient (Wildman–Crippen LogP) is 5.87. The third-order valence-electron chi connectivity index (χ3n) is 6.81. The molecule has 0 nitrogen and oxygen atoms in total. The lowest BCUT2D eigenvalue weighted by Crippen LogP contribution is -2.55. The summed E-state index contributed by atoms with van der Waals surface area (Å²) in [6, 6.07) is 0. The Bertz CT molecular complexity index is 342. The van der Waals surface area contributed by atoms with Crippen LogP contribution in [0.4, 0.5) is 0 Å². The van der Waals surface area contributed by atoms with Crippen LogP contribution in [0.25, 0.3) is 0 Å². The molecule has 0 N–H and O–H groups in total. The molecule has 0 aromatic rings. The highest BCUT2D eigenvalue weighted by molar-refractivity contribution is 6.16. The molecule has 0 spiro atoms. The SMILES string of the molecule is [B]C1(C(C)(C)C)CC(C)(C(C)(C)C)C(C)CC1(C)C. The van der Waals surface area contributed by atoms with E-state index in [2.05, 4.69) is 69.2 Å². The third kappa shape index (κ3) is 2.40. The van der Waals surface area contributed by atoms with Crippen molar-refractivity contribution in [3.8, 4) is 0 Å². The van der Waals surface area contributed by atoms with Crippen LogP contribution in [0.1, 0.15) is 82.1 Å². The van der Waals surface area contributed by atoms with Gasteiger partial charge in [-0.2, -0.15) is 0 Å². The molecule has 0 amide bonds. The molecule has 0 saturated heterocycles. The van der Waals surface area contributed by atoms with Crippen molar-refractivity contribution in [3.63, 3.8) is 0 Å². The number of hydrogen-bond donors (Lipinski definition) is 0. The van der Waals surface area contributed by atoms with Crippen molar-refractivity contribution in [2.75, 3.05) is 0 Å². The van der Waals surface area contributed by atoms with Gasteiger partial charge in [-0.3, -0.25) is 0 Å². The van der Waals surface area contributed by atoms with Gasteiger partial charge in [0.2, 0.25) is 0 Å². The molecule has 3 atom stereocenters. The lowest BCUT2D eigenvalue weighted by Gasteiger charge is -2.66. The molecule has 1 aliphatic carbocycles. The van der Waals surface area contributed by atoms with E-state index in [4.69, 9.17) is 7.85 Å². The molecule has 0 aliphatic heterocycles. The van der Waals surface area contributed by atoms with Crippen LogP contribution in [0.3, 0.4) is 0 Å². The first-order valence-corrected chi connectivity index (χ1v) is 7.87. The van der Waals surface area contributed by atoms with Crippen molar-refractivity contribution in [1.29, 1.82) is 0 Å². The lowest BCUT2D eigenvalue weighted by molar-refractivity contribution is -0.0930. The fourth-order valence-corrected chi connectivity index (χ4v) is 4.45. The van der Waals surface area contributed by atoms with Gasteiger partial charge in [-0.15, -0.1) is 0 Å². The van der Waals surface area contributed by atoms with Gasteiger partial charge in [0.15, 0.2) is 0 Å². The summed E-state index contributed by atoms with van der Waals surface area (Å²) in [4.78, 5) is 0. The lowest BCUT2D eigenvalue weighted by atomic mass is 9.33. The first kappa shape index (κ1) is 17.1. The van der Waals surface area contributed by atoms with Gasteiger partial charge in [0.05, 0.1) is 7.85 Å². The topological polar surface area (TPSA) is 0 Å². The molecule has 0 aromatic carbocycles. The normalized spacial score (nSPS) is 40.2. The summed E-state index contributed by atoms with van der Waals surface area (Å²) in [5.41, 5.74) is 0.905. The Morgan fingerprint density at radius 2 is 1.32 bits per heavy atom. The molecule has 3 unspecified atom stereocenters. The average Bonchev–Trinajstić information content (AvgIpc) is 2.10. The van der Waals surface area contributed by atoms with Gasteiger partial charge < -0.3 is 0 Å². The molecule has 1 saturated carbocycles. The van der Waals surface area contributed by atoms with Crippen molar-refractivity contribution in [3.05, 3.63) is 0 Å². The minimum Gasteiger partial charge on any atom is -0.0619 e. The largest absolute Gasteiger partial charge is 0.0761 e. The van der Waals surface area contributed by atoms with E-state index in [0.29, 0.717) is 16.7 Å². The van der Waals surface area contributed by atoms with E-state index in [1.54, 1.807) is 0 Å². The highest BCUT2D eigenvalue weighted by Crippen LogP contribution is 2.71. The first-order chi connectivity index (χ1) is 8.08. The van der Waals surface area contributed by atoms with Crippen molar-refractivity contribution in [2.24, 2.45) is 27.6 Å². The summed E-state index contributed by atoms with van der Waals surface area (Å²) in [6.07, 6.45) is 2.33. The van der Waals surface area contributed by atoms with Crippen LogP contribution in [-0.2, 0) is 0 Å². The van der Waals surface area contributed by atoms with E-state index in [9.17, 15) is 0 Å². The molecular weight excluding hydrogens is 227 g/mol. The van der Waals surface area contributed by atoms with Crippen LogP contribution in [0.2, 0.25) is 5.31 Å². The monoisotopic (exact) mass is 262 g/mol. The van der Waals surface area contributed by atoms with Crippen molar-refractivity contribution >= 4 is 7.85 Å². The van der Waals surface area contributed by atoms with Crippen molar-refractivity contribution in [1.82, 2.24) is 0 Å². The zero-order valence-corrected chi connectivity index (χ0v) is 15.1. The number of hydrogen-bond acceptors (Lipinski definition) is 0. The second kappa shape index (κ2) is 4.28. The Labute approximate surface area is 123 Å². The van der Waals surface area contributed by atoms with Gasteiger partial charge in [0.25, 0.3) is 0 Å². The maximum atomic E-state index is 7.05. The Morgan fingerprint density at radius 1 is 0.895 bits per heavy atom. The molecule has 1 rings (SSSR count). The van der Waals surface area contributed by atoms with Crippen molar-refractivity contribution in [2.45, 2.75) is 87.4 Å². The Morgan fingerprint density at radius 3 is 1.63 bits per heavy atom. The summed E-state index contributed by atoms with van der Waals surface area (Å²) in [7, 11) is 7.05. The summed E-state index contributed by atoms with van der Waals surface area (Å²) >= 11 is 0. The second-order valence-corrected chi connectivity index (χ2v) is 10.1. The maximum absolute atomic E-state index is 7.05. The zero-order chi connectivity index (χ0) is 15.5. The standard InChI is InChI=1S/C18H35B/c1-13-11-16(8,9)18(19,15(5,6)7)12-17(13,10)14(2,3)4/h13H,11-12H2,1-10H3. The summed E-state index contributed by atoms with van der Waals surface area (Å²) in [5, 5.41) is -0.117. The van der Waals surface area contributed by atoms with Crippen LogP contribution < -0.4 is 0 Å². The van der Waals surface area contributed by atoms with Gasteiger partial charge >= 0.3 is 0 Å². The van der Waals surface area contributed by atoms with Crippen LogP contribution in [0, 0.1) is 27.6 Å². The zero-order valence-electron chi connectivity index (χ0n) is 15.1. The molecular formula is C18H35B. The Hall–Kier alpha value is 0.0649. The Balaban J connectivity index is 3.35. The average molecular weight is 262 g/mol. The summed E-state index contributed by atoms with van der Waals surface area (Å²) in [6.45, 7) is 23.7. The van der Waals surface area contributed by atoms with E-state index in [1.807, 2.05) is 0 Å². The molecule has 2 radical (unpaired) electrons. The van der Waals surface area contributed by atoms with Crippen LogP contribution in [0.15, 0.2) is 0 Å². The number of rotatable bonds is 0. The fourth-order valence-electron chi connectivity index (χ4n) is 4.45. The Kier molecular flexibility index (Phi) is 3.85. The molecule has 0 bridgehead atoms. The van der Waals surface area contributed by atoms with Crippen LogP contribution >= 0.6 is 0 Å². The minimum atomic E-state index is -0.117. The summed E-state index contributed by atoms with van der Waals surface area (Å²) < 4.78 is 0. The van der Waals surface area contributed by atoms with E-state index in [-0.39, 0.29) is 16.1 Å². The van der Waals surface area contributed by atoms with E-state index in [0.717, 1.165) is 6.42 Å². The van der Waals surface area contributed by atoms with Crippen molar-refractivity contribution < 1.29 is 0 Å². The van der Waals surface area contributed by atoms with Crippen LogP contribution in [-0.4, -0.2) is 7.85 Å². The van der Waals surface area contributed by atoms with Crippen LogP contribution in [0.5, 0.6) is 0 Å².